The van der Waals surface area contributed by atoms with E-state index >= 15 is 0 Å². The minimum atomic E-state index is 0.0181. The largest absolute Gasteiger partial charge is 0.458 e. The molecule has 0 aliphatic rings. The van der Waals surface area contributed by atoms with Gasteiger partial charge in [0.05, 0.1) is 22.4 Å². The van der Waals surface area contributed by atoms with Gasteiger partial charge in [0.15, 0.2) is 0 Å². The Kier molecular flexibility index (Phi) is 7.25. The van der Waals surface area contributed by atoms with Crippen LogP contribution in [0.3, 0.4) is 0 Å². The van der Waals surface area contributed by atoms with Crippen molar-refractivity contribution in [3.05, 3.63) is 139 Å². The third kappa shape index (κ3) is 5.74. The van der Waals surface area contributed by atoms with Crippen molar-refractivity contribution in [1.82, 2.24) is 14.1 Å². The number of nitrogens with zero attached hydrogens (tertiary/aromatic N) is 4. The number of hydrogen-bond acceptors (Lipinski definition) is 2. The molecule has 0 amide bonds. The van der Waals surface area contributed by atoms with Crippen molar-refractivity contribution in [3.8, 4) is 28.7 Å². The van der Waals surface area contributed by atoms with E-state index < -0.39 is 0 Å². The van der Waals surface area contributed by atoms with E-state index in [1.807, 2.05) is 52.0 Å². The molecule has 5 nitrogen and oxygen atoms in total. The first-order chi connectivity index (χ1) is 21.7. The number of para-hydroxylation sites is 1. The fourth-order valence-electron chi connectivity index (χ4n) is 5.97. The average Bonchev–Trinajstić information content (AvgIpc) is 3.64. The van der Waals surface area contributed by atoms with Gasteiger partial charge in [0.2, 0.25) is 0 Å². The van der Waals surface area contributed by atoms with Crippen LogP contribution in [0.5, 0.6) is 11.5 Å². The van der Waals surface area contributed by atoms with E-state index in [0.29, 0.717) is 5.92 Å². The van der Waals surface area contributed by atoms with Crippen LogP contribution in [0.4, 0.5) is 0 Å². The Labute approximate surface area is 265 Å². The topological polar surface area (TPSA) is 35.9 Å². The van der Waals surface area contributed by atoms with Crippen molar-refractivity contribution in [3.63, 3.8) is 0 Å². The maximum atomic E-state index is 6.48. The van der Waals surface area contributed by atoms with Crippen molar-refractivity contribution in [1.29, 1.82) is 0 Å². The summed E-state index contributed by atoms with van der Waals surface area (Å²) in [6, 6.07) is 35.9. The number of hydrogen-bond donors (Lipinski definition) is 0. The molecular formula is C40H38N4O. The van der Waals surface area contributed by atoms with E-state index in [4.69, 9.17) is 9.72 Å². The fraction of sp³-hybridized carbons (Fsp3) is 0.200. The molecule has 0 radical (unpaired) electrons. The first kappa shape index (κ1) is 28.6. The van der Waals surface area contributed by atoms with Crippen LogP contribution < -0.4 is 9.30 Å². The Morgan fingerprint density at radius 1 is 0.800 bits per heavy atom. The lowest BCUT2D eigenvalue weighted by Crippen LogP contribution is -2.28. The zero-order valence-corrected chi connectivity index (χ0v) is 26.5. The zero-order chi connectivity index (χ0) is 31.1. The Hall–Kier alpha value is -5.16. The Morgan fingerprint density at radius 2 is 1.58 bits per heavy atom. The van der Waals surface area contributed by atoms with E-state index in [1.54, 1.807) is 0 Å². The molecule has 0 aliphatic carbocycles. The van der Waals surface area contributed by atoms with Gasteiger partial charge in [-0.05, 0) is 89.5 Å². The van der Waals surface area contributed by atoms with Crippen LogP contribution in [0.25, 0.3) is 39.0 Å². The van der Waals surface area contributed by atoms with Gasteiger partial charge in [-0.2, -0.15) is 0 Å². The number of ether oxygens (including phenoxy) is 1. The highest BCUT2D eigenvalue weighted by atomic mass is 16.5. The quantitative estimate of drug-likeness (QED) is 0.137. The van der Waals surface area contributed by atoms with Crippen LogP contribution in [-0.4, -0.2) is 14.1 Å². The normalized spacial score (nSPS) is 12.0. The predicted octanol–water partition coefficient (Wildman–Crippen LogP) is 9.33. The molecular weight excluding hydrogens is 552 g/mol. The standard InChI is InChI=1S/C40H38N4O/c1-28(2)23-29-13-15-31(16-14-29)42-21-22-43(27-42)32-9-8-10-33(25-32)45-34-17-18-36-35-11-6-7-12-37(35)44(38(36)26-34)39-24-30(19-20-41-39)40(3,4)5/h6-22,24-26,28H,23H2,1-5H3. The molecule has 3 aromatic heterocycles. The maximum Gasteiger partial charge on any atom is 0.268 e. The summed E-state index contributed by atoms with van der Waals surface area (Å²) in [5.41, 5.74) is 6.85. The number of fused-ring (bicyclic) bond motifs is 3. The lowest BCUT2D eigenvalue weighted by atomic mass is 9.88. The van der Waals surface area contributed by atoms with Crippen LogP contribution in [0, 0.1) is 12.2 Å². The minimum absolute atomic E-state index is 0.0181. The molecule has 45 heavy (non-hydrogen) atoms. The molecule has 0 fully saturated rings. The highest BCUT2D eigenvalue weighted by Gasteiger charge is 2.18. The fourth-order valence-corrected chi connectivity index (χ4v) is 5.97. The molecule has 4 aromatic carbocycles. The highest BCUT2D eigenvalue weighted by molar-refractivity contribution is 6.09. The lowest BCUT2D eigenvalue weighted by molar-refractivity contribution is -0.599. The summed E-state index contributed by atoms with van der Waals surface area (Å²) in [6.07, 6.45) is 10.5. The SMILES string of the molecule is CC(C)Cc1ccc(-[n+]2[c-]n(-c3cccc(Oc4ccc5c6ccccc6n(-c6cc(C(C)(C)C)ccn6)c5c4)c3)cc2)cc1. The summed E-state index contributed by atoms with van der Waals surface area (Å²) in [7, 11) is 0. The third-order valence-electron chi connectivity index (χ3n) is 8.26. The molecule has 0 aliphatic heterocycles. The van der Waals surface area contributed by atoms with Gasteiger partial charge in [-0.25, -0.2) is 4.98 Å². The molecule has 0 N–H and O–H groups in total. The monoisotopic (exact) mass is 590 g/mol. The highest BCUT2D eigenvalue weighted by Crippen LogP contribution is 2.36. The van der Waals surface area contributed by atoms with Gasteiger partial charge in [0, 0.05) is 35.4 Å². The van der Waals surface area contributed by atoms with Gasteiger partial charge in [0.25, 0.3) is 6.33 Å². The van der Waals surface area contributed by atoms with Gasteiger partial charge in [-0.3, -0.25) is 13.7 Å². The summed E-state index contributed by atoms with van der Waals surface area (Å²) in [5, 5.41) is 2.36. The zero-order valence-electron chi connectivity index (χ0n) is 26.5. The molecule has 0 saturated carbocycles. The Morgan fingerprint density at radius 3 is 2.38 bits per heavy atom. The second kappa shape index (κ2) is 11.4. The van der Waals surface area contributed by atoms with E-state index in [-0.39, 0.29) is 5.41 Å². The smallest absolute Gasteiger partial charge is 0.268 e. The van der Waals surface area contributed by atoms with Gasteiger partial charge in [0.1, 0.15) is 17.3 Å². The van der Waals surface area contributed by atoms with Crippen LogP contribution in [-0.2, 0) is 11.8 Å². The Bertz CT molecular complexity index is 2130. The second-order valence-corrected chi connectivity index (χ2v) is 13.2. The lowest BCUT2D eigenvalue weighted by Gasteiger charge is -2.20. The van der Waals surface area contributed by atoms with Crippen LogP contribution in [0.15, 0.2) is 122 Å². The second-order valence-electron chi connectivity index (χ2n) is 13.2. The summed E-state index contributed by atoms with van der Waals surface area (Å²) in [5.74, 6) is 3.07. The Balaban J connectivity index is 1.20. The van der Waals surface area contributed by atoms with E-state index in [1.165, 1.54) is 21.9 Å². The predicted molar refractivity (Wildman–Crippen MR) is 182 cm³/mol. The van der Waals surface area contributed by atoms with Crippen LogP contribution in [0.1, 0.15) is 45.7 Å². The van der Waals surface area contributed by atoms with Crippen LogP contribution in [0.2, 0.25) is 0 Å². The number of pyridine rings is 1. The van der Waals surface area contributed by atoms with Gasteiger partial charge in [-0.1, -0.05) is 71.0 Å². The van der Waals surface area contributed by atoms with Crippen molar-refractivity contribution in [2.75, 3.05) is 0 Å². The molecule has 0 atom stereocenters. The van der Waals surface area contributed by atoms with Crippen molar-refractivity contribution >= 4 is 21.8 Å². The molecule has 224 valence electrons. The third-order valence-corrected chi connectivity index (χ3v) is 8.26. The summed E-state index contributed by atoms with van der Waals surface area (Å²) >= 11 is 0. The van der Waals surface area contributed by atoms with Gasteiger partial charge >= 0.3 is 0 Å². The summed E-state index contributed by atoms with van der Waals surface area (Å²) in [6.45, 7) is 11.2. The molecule has 3 heterocycles. The number of aromatic nitrogens is 4. The number of imidazole rings is 1. The van der Waals surface area contributed by atoms with Crippen molar-refractivity contribution in [2.24, 2.45) is 5.92 Å². The van der Waals surface area contributed by atoms with E-state index in [9.17, 15) is 0 Å². The minimum Gasteiger partial charge on any atom is -0.458 e. The number of benzene rings is 4. The number of rotatable bonds is 7. The molecule has 0 bridgehead atoms. The van der Waals surface area contributed by atoms with E-state index in [2.05, 4.69) is 124 Å². The van der Waals surface area contributed by atoms with Gasteiger partial charge < -0.3 is 4.74 Å². The first-order valence-corrected chi connectivity index (χ1v) is 15.6. The van der Waals surface area contributed by atoms with Crippen molar-refractivity contribution < 1.29 is 9.30 Å². The van der Waals surface area contributed by atoms with Crippen molar-refractivity contribution in [2.45, 2.75) is 46.5 Å². The molecule has 0 saturated heterocycles. The molecule has 7 aromatic rings. The maximum absolute atomic E-state index is 6.48. The summed E-state index contributed by atoms with van der Waals surface area (Å²) < 4.78 is 12.7. The van der Waals surface area contributed by atoms with Crippen LogP contribution >= 0.6 is 0 Å². The molecule has 5 heteroatoms. The molecule has 0 unspecified atom stereocenters. The first-order valence-electron chi connectivity index (χ1n) is 15.6. The summed E-state index contributed by atoms with van der Waals surface area (Å²) in [4.78, 5) is 4.81. The molecule has 7 rings (SSSR count). The van der Waals surface area contributed by atoms with Gasteiger partial charge in [-0.15, -0.1) is 0 Å². The van der Waals surface area contributed by atoms with E-state index in [0.717, 1.165) is 46.1 Å². The average molecular weight is 591 g/mol. The molecule has 0 spiro atoms.